The number of nitrogens with zero attached hydrogens (tertiary/aromatic N) is 3. The first-order valence-electron chi connectivity index (χ1n) is 7.70. The SMILES string of the molecule is Cc1cc(=O)nc2c3ccccc3n([C@@H](C)C(=O)NC(C)C)n12. The molecule has 1 atom stereocenters. The van der Waals surface area contributed by atoms with E-state index in [0.29, 0.717) is 5.65 Å². The summed E-state index contributed by atoms with van der Waals surface area (Å²) in [6, 6.07) is 8.79. The van der Waals surface area contributed by atoms with E-state index in [2.05, 4.69) is 10.3 Å². The summed E-state index contributed by atoms with van der Waals surface area (Å²) in [5.74, 6) is -0.0687. The van der Waals surface area contributed by atoms with E-state index in [1.807, 2.05) is 61.2 Å². The number of aryl methyl sites for hydroxylation is 1. The topological polar surface area (TPSA) is 68.4 Å². The second-order valence-electron chi connectivity index (χ2n) is 6.07. The van der Waals surface area contributed by atoms with Crippen LogP contribution in [0, 0.1) is 6.92 Å². The highest BCUT2D eigenvalue weighted by molar-refractivity contribution is 5.94. The molecule has 1 aromatic carbocycles. The van der Waals surface area contributed by atoms with Crippen molar-refractivity contribution in [1.29, 1.82) is 0 Å². The molecular weight excluding hydrogens is 292 g/mol. The van der Waals surface area contributed by atoms with Crippen LogP contribution in [0.1, 0.15) is 32.5 Å². The van der Waals surface area contributed by atoms with E-state index in [-0.39, 0.29) is 17.5 Å². The molecular formula is C17H20N4O2. The van der Waals surface area contributed by atoms with Crippen LogP contribution in [0.3, 0.4) is 0 Å². The number of fused-ring (bicyclic) bond motifs is 3. The van der Waals surface area contributed by atoms with Gasteiger partial charge in [0.1, 0.15) is 6.04 Å². The Hall–Kier alpha value is -2.63. The fraction of sp³-hybridized carbons (Fsp3) is 0.353. The van der Waals surface area contributed by atoms with Crippen molar-refractivity contribution < 1.29 is 4.79 Å². The maximum Gasteiger partial charge on any atom is 0.273 e. The fourth-order valence-electron chi connectivity index (χ4n) is 2.91. The van der Waals surface area contributed by atoms with E-state index < -0.39 is 6.04 Å². The number of para-hydroxylation sites is 1. The van der Waals surface area contributed by atoms with Crippen molar-refractivity contribution in [3.8, 4) is 0 Å². The molecule has 0 aliphatic heterocycles. The molecule has 3 rings (SSSR count). The Labute approximate surface area is 133 Å². The normalized spacial score (nSPS) is 12.9. The standard InChI is InChI=1S/C17H20N4O2/c1-10(2)18-17(23)12(4)21-14-8-6-5-7-13(14)16-19-15(22)9-11(3)20(16)21/h5-10,12H,1-4H3,(H,18,23)/t12-/m0/s1. The van der Waals surface area contributed by atoms with Gasteiger partial charge in [-0.15, -0.1) is 0 Å². The molecule has 0 fully saturated rings. The van der Waals surface area contributed by atoms with Crippen LogP contribution in [0.25, 0.3) is 16.6 Å². The van der Waals surface area contributed by atoms with Gasteiger partial charge in [0.2, 0.25) is 5.91 Å². The second-order valence-corrected chi connectivity index (χ2v) is 6.07. The van der Waals surface area contributed by atoms with Crippen molar-refractivity contribution in [2.75, 3.05) is 0 Å². The highest BCUT2D eigenvalue weighted by Crippen LogP contribution is 2.24. The fourth-order valence-corrected chi connectivity index (χ4v) is 2.91. The average Bonchev–Trinajstić information content (AvgIpc) is 2.81. The third kappa shape index (κ3) is 2.50. The first kappa shape index (κ1) is 15.3. The lowest BCUT2D eigenvalue weighted by Gasteiger charge is -2.19. The first-order valence-corrected chi connectivity index (χ1v) is 7.70. The molecule has 2 aromatic heterocycles. The number of carbonyl (C=O) groups is 1. The molecule has 1 amide bonds. The van der Waals surface area contributed by atoms with Crippen LogP contribution in [0.2, 0.25) is 0 Å². The number of aromatic nitrogens is 3. The van der Waals surface area contributed by atoms with Gasteiger partial charge >= 0.3 is 0 Å². The number of amides is 1. The smallest absolute Gasteiger partial charge is 0.273 e. The third-order valence-electron chi connectivity index (χ3n) is 3.87. The zero-order valence-electron chi connectivity index (χ0n) is 13.7. The largest absolute Gasteiger partial charge is 0.352 e. The van der Waals surface area contributed by atoms with Gasteiger partial charge in [-0.25, -0.2) is 4.52 Å². The number of hydrogen-bond donors (Lipinski definition) is 1. The number of hydrogen-bond acceptors (Lipinski definition) is 3. The molecule has 6 nitrogen and oxygen atoms in total. The molecule has 0 radical (unpaired) electrons. The number of carbonyl (C=O) groups excluding carboxylic acids is 1. The van der Waals surface area contributed by atoms with Gasteiger partial charge in [-0.05, 0) is 39.8 Å². The van der Waals surface area contributed by atoms with Gasteiger partial charge in [-0.1, -0.05) is 12.1 Å². The summed E-state index contributed by atoms with van der Waals surface area (Å²) < 4.78 is 3.74. The molecule has 23 heavy (non-hydrogen) atoms. The molecule has 0 saturated carbocycles. The van der Waals surface area contributed by atoms with E-state index in [1.54, 1.807) is 0 Å². The Bertz CT molecular complexity index is 952. The quantitative estimate of drug-likeness (QED) is 0.805. The summed E-state index contributed by atoms with van der Waals surface area (Å²) in [4.78, 5) is 28.4. The Kier molecular flexibility index (Phi) is 3.67. The van der Waals surface area contributed by atoms with E-state index in [0.717, 1.165) is 16.6 Å². The van der Waals surface area contributed by atoms with Gasteiger partial charge in [0.15, 0.2) is 5.65 Å². The summed E-state index contributed by atoms with van der Waals surface area (Å²) in [6.45, 7) is 7.56. The summed E-state index contributed by atoms with van der Waals surface area (Å²) in [5, 5.41) is 3.79. The lowest BCUT2D eigenvalue weighted by molar-refractivity contribution is -0.124. The van der Waals surface area contributed by atoms with Crippen LogP contribution in [-0.4, -0.2) is 26.1 Å². The van der Waals surface area contributed by atoms with Crippen molar-refractivity contribution >= 4 is 22.5 Å². The minimum absolute atomic E-state index is 0.0653. The Morgan fingerprint density at radius 1 is 1.22 bits per heavy atom. The monoisotopic (exact) mass is 312 g/mol. The van der Waals surface area contributed by atoms with E-state index in [1.165, 1.54) is 6.07 Å². The zero-order chi connectivity index (χ0) is 16.7. The summed E-state index contributed by atoms with van der Waals surface area (Å²) in [6.07, 6.45) is 0. The second kappa shape index (κ2) is 5.53. The maximum absolute atomic E-state index is 12.5. The summed E-state index contributed by atoms with van der Waals surface area (Å²) >= 11 is 0. The lowest BCUT2D eigenvalue weighted by atomic mass is 10.2. The van der Waals surface area contributed by atoms with Crippen molar-refractivity contribution in [3.63, 3.8) is 0 Å². The maximum atomic E-state index is 12.5. The highest BCUT2D eigenvalue weighted by atomic mass is 16.2. The number of nitrogens with one attached hydrogen (secondary N) is 1. The molecule has 0 saturated heterocycles. The van der Waals surface area contributed by atoms with Gasteiger partial charge in [0.05, 0.1) is 5.52 Å². The van der Waals surface area contributed by atoms with Crippen LogP contribution in [-0.2, 0) is 4.79 Å². The average molecular weight is 312 g/mol. The van der Waals surface area contributed by atoms with Gasteiger partial charge < -0.3 is 5.32 Å². The predicted octanol–water partition coefficient (Wildman–Crippen LogP) is 2.04. The predicted molar refractivity (Wildman–Crippen MR) is 89.7 cm³/mol. The van der Waals surface area contributed by atoms with Gasteiger partial charge in [-0.2, -0.15) is 4.98 Å². The number of benzene rings is 1. The summed E-state index contributed by atoms with van der Waals surface area (Å²) in [5.41, 5.74) is 1.93. The van der Waals surface area contributed by atoms with Gasteiger partial charge in [-0.3, -0.25) is 14.3 Å². The van der Waals surface area contributed by atoms with Crippen LogP contribution in [0.15, 0.2) is 35.1 Å². The van der Waals surface area contributed by atoms with Gasteiger partial charge in [0.25, 0.3) is 5.56 Å². The Morgan fingerprint density at radius 2 is 1.91 bits per heavy atom. The minimum atomic E-state index is -0.428. The van der Waals surface area contributed by atoms with Crippen molar-refractivity contribution in [3.05, 3.63) is 46.4 Å². The molecule has 0 aliphatic carbocycles. The lowest BCUT2D eigenvalue weighted by Crippen LogP contribution is -2.36. The molecule has 3 aromatic rings. The molecule has 0 aliphatic rings. The van der Waals surface area contributed by atoms with Crippen molar-refractivity contribution in [2.24, 2.45) is 0 Å². The summed E-state index contributed by atoms with van der Waals surface area (Å²) in [7, 11) is 0. The number of rotatable bonds is 3. The van der Waals surface area contributed by atoms with Crippen molar-refractivity contribution in [2.45, 2.75) is 39.8 Å². The molecule has 120 valence electrons. The van der Waals surface area contributed by atoms with E-state index >= 15 is 0 Å². The molecule has 0 bridgehead atoms. The minimum Gasteiger partial charge on any atom is -0.352 e. The molecule has 2 heterocycles. The highest BCUT2D eigenvalue weighted by Gasteiger charge is 2.22. The third-order valence-corrected chi connectivity index (χ3v) is 3.87. The molecule has 0 spiro atoms. The van der Waals surface area contributed by atoms with Crippen LogP contribution in [0.4, 0.5) is 0 Å². The van der Waals surface area contributed by atoms with Crippen LogP contribution in [0.5, 0.6) is 0 Å². The van der Waals surface area contributed by atoms with Crippen LogP contribution < -0.4 is 10.9 Å². The molecule has 1 N–H and O–H groups in total. The zero-order valence-corrected chi connectivity index (χ0v) is 13.7. The van der Waals surface area contributed by atoms with Gasteiger partial charge in [0, 0.05) is 23.2 Å². The van der Waals surface area contributed by atoms with E-state index in [4.69, 9.17) is 0 Å². The molecule has 0 unspecified atom stereocenters. The van der Waals surface area contributed by atoms with E-state index in [9.17, 15) is 9.59 Å². The Morgan fingerprint density at radius 3 is 2.61 bits per heavy atom. The van der Waals surface area contributed by atoms with Crippen molar-refractivity contribution in [1.82, 2.24) is 19.5 Å². The Balaban J connectivity index is 2.34. The van der Waals surface area contributed by atoms with Crippen LogP contribution >= 0.6 is 0 Å². The molecule has 6 heteroatoms. The first-order chi connectivity index (χ1) is 10.9.